The zero-order valence-corrected chi connectivity index (χ0v) is 12.2. The number of nitrogens with zero attached hydrogens (tertiary/aromatic N) is 1. The minimum absolute atomic E-state index is 0.507. The van der Waals surface area contributed by atoms with Crippen LogP contribution in [0.15, 0.2) is 16.8 Å². The van der Waals surface area contributed by atoms with Crippen LogP contribution in [0.3, 0.4) is 0 Å². The normalized spacial score (nSPS) is 14.9. The van der Waals surface area contributed by atoms with Gasteiger partial charge in [0, 0.05) is 17.5 Å². The molecular weight excluding hydrogens is 266 g/mol. The van der Waals surface area contributed by atoms with Gasteiger partial charge >= 0.3 is 0 Å². The second-order valence-electron chi connectivity index (χ2n) is 5.28. The van der Waals surface area contributed by atoms with E-state index in [1.54, 1.807) is 11.3 Å². The SMILES string of the molecule is N#Cc1c(N)[nH+]c2c(c1-c1ccsc1)CCCCCC2. The Labute approximate surface area is 123 Å². The second kappa shape index (κ2) is 5.64. The van der Waals surface area contributed by atoms with E-state index in [1.165, 1.54) is 36.9 Å². The Morgan fingerprint density at radius 3 is 2.70 bits per heavy atom. The Kier molecular flexibility index (Phi) is 3.70. The second-order valence-corrected chi connectivity index (χ2v) is 6.06. The summed E-state index contributed by atoms with van der Waals surface area (Å²) in [4.78, 5) is 3.28. The van der Waals surface area contributed by atoms with Gasteiger partial charge in [0.2, 0.25) is 0 Å². The van der Waals surface area contributed by atoms with Crippen LogP contribution in [-0.2, 0) is 12.8 Å². The molecule has 0 bridgehead atoms. The first-order valence-electron chi connectivity index (χ1n) is 7.10. The van der Waals surface area contributed by atoms with Crippen molar-refractivity contribution in [3.8, 4) is 17.2 Å². The quantitative estimate of drug-likeness (QED) is 0.873. The van der Waals surface area contributed by atoms with Crippen molar-refractivity contribution < 1.29 is 4.98 Å². The fraction of sp³-hybridized carbons (Fsp3) is 0.375. The van der Waals surface area contributed by atoms with Crippen molar-refractivity contribution >= 4 is 17.2 Å². The molecule has 0 unspecified atom stereocenters. The number of rotatable bonds is 1. The fourth-order valence-electron chi connectivity index (χ4n) is 3.02. The third-order valence-corrected chi connectivity index (χ3v) is 4.68. The molecule has 1 aliphatic carbocycles. The molecule has 4 heteroatoms. The van der Waals surface area contributed by atoms with Gasteiger partial charge in [-0.05, 0) is 41.7 Å². The number of thiophene rings is 1. The van der Waals surface area contributed by atoms with Gasteiger partial charge in [-0.15, -0.1) is 0 Å². The van der Waals surface area contributed by atoms with Crippen LogP contribution in [0, 0.1) is 11.3 Å². The van der Waals surface area contributed by atoms with Gasteiger partial charge in [0.1, 0.15) is 17.3 Å². The molecule has 2 aromatic rings. The highest BCUT2D eigenvalue weighted by atomic mass is 32.1. The third kappa shape index (κ3) is 2.30. The Bertz CT molecular complexity index is 653. The Balaban J connectivity index is 2.25. The predicted molar refractivity (Wildman–Crippen MR) is 81.3 cm³/mol. The van der Waals surface area contributed by atoms with Crippen molar-refractivity contribution in [3.63, 3.8) is 0 Å². The Hall–Kier alpha value is -1.86. The number of aryl methyl sites for hydroxylation is 1. The lowest BCUT2D eigenvalue weighted by Crippen LogP contribution is -2.23. The van der Waals surface area contributed by atoms with E-state index >= 15 is 0 Å². The van der Waals surface area contributed by atoms with E-state index in [2.05, 4.69) is 27.9 Å². The van der Waals surface area contributed by atoms with Gasteiger partial charge in [-0.2, -0.15) is 16.6 Å². The summed E-state index contributed by atoms with van der Waals surface area (Å²) in [5.41, 5.74) is 11.4. The van der Waals surface area contributed by atoms with Crippen molar-refractivity contribution in [1.29, 1.82) is 5.26 Å². The molecule has 2 aromatic heterocycles. The molecule has 0 aliphatic heterocycles. The largest absolute Gasteiger partial charge is 0.289 e. The van der Waals surface area contributed by atoms with Crippen molar-refractivity contribution in [2.45, 2.75) is 38.5 Å². The number of fused-ring (bicyclic) bond motifs is 1. The minimum Gasteiger partial charge on any atom is -0.286 e. The molecule has 0 aromatic carbocycles. The van der Waals surface area contributed by atoms with Crippen LogP contribution in [0.4, 0.5) is 5.82 Å². The van der Waals surface area contributed by atoms with E-state index in [0.717, 1.165) is 24.0 Å². The maximum Gasteiger partial charge on any atom is 0.289 e. The number of hydrogen-bond acceptors (Lipinski definition) is 3. The standard InChI is InChI=1S/C16H17N3S/c17-9-13-15(11-7-8-20-10-11)12-5-3-1-2-4-6-14(12)19-16(13)18/h7-8,10H,1-6H2,(H2,18,19)/p+1. The van der Waals surface area contributed by atoms with E-state index < -0.39 is 0 Å². The maximum atomic E-state index is 9.48. The zero-order chi connectivity index (χ0) is 13.9. The van der Waals surface area contributed by atoms with Gasteiger partial charge in [-0.3, -0.25) is 5.73 Å². The number of aromatic nitrogens is 1. The highest BCUT2D eigenvalue weighted by Crippen LogP contribution is 2.34. The number of aromatic amines is 1. The summed E-state index contributed by atoms with van der Waals surface area (Å²) in [5, 5.41) is 13.6. The lowest BCUT2D eigenvalue weighted by atomic mass is 9.89. The van der Waals surface area contributed by atoms with Crippen LogP contribution in [-0.4, -0.2) is 0 Å². The first kappa shape index (κ1) is 13.1. The molecule has 3 nitrogen and oxygen atoms in total. The van der Waals surface area contributed by atoms with Gasteiger partial charge in [-0.25, -0.2) is 4.98 Å². The summed E-state index contributed by atoms with van der Waals surface area (Å²) >= 11 is 1.66. The van der Waals surface area contributed by atoms with Crippen LogP contribution in [0.25, 0.3) is 11.1 Å². The van der Waals surface area contributed by atoms with Crippen LogP contribution in [0.1, 0.15) is 42.5 Å². The summed E-state index contributed by atoms with van der Waals surface area (Å²) in [6.07, 6.45) is 6.99. The summed E-state index contributed by atoms with van der Waals surface area (Å²) in [6, 6.07) is 4.37. The van der Waals surface area contributed by atoms with E-state index in [-0.39, 0.29) is 0 Å². The summed E-state index contributed by atoms with van der Waals surface area (Å²) in [6.45, 7) is 0. The number of hydrogen-bond donors (Lipinski definition) is 1. The number of pyridine rings is 1. The first-order chi connectivity index (χ1) is 9.81. The lowest BCUT2D eigenvalue weighted by Gasteiger charge is -2.16. The minimum atomic E-state index is 0.507. The van der Waals surface area contributed by atoms with E-state index in [1.807, 2.05) is 0 Å². The predicted octanol–water partition coefficient (Wildman–Crippen LogP) is 3.34. The highest BCUT2D eigenvalue weighted by molar-refractivity contribution is 7.08. The molecule has 0 amide bonds. The maximum absolute atomic E-state index is 9.48. The van der Waals surface area contributed by atoms with Crippen LogP contribution in [0.5, 0.6) is 0 Å². The number of nitrogens with two attached hydrogens (primary N) is 1. The molecule has 3 rings (SSSR count). The summed E-state index contributed by atoms with van der Waals surface area (Å²) in [7, 11) is 0. The van der Waals surface area contributed by atoms with E-state index in [9.17, 15) is 5.26 Å². The number of nitriles is 1. The molecule has 0 radical (unpaired) electrons. The molecule has 3 N–H and O–H groups in total. The van der Waals surface area contributed by atoms with Gasteiger partial charge in [0.15, 0.2) is 0 Å². The van der Waals surface area contributed by atoms with Gasteiger partial charge < -0.3 is 0 Å². The van der Waals surface area contributed by atoms with E-state index in [0.29, 0.717) is 11.4 Å². The van der Waals surface area contributed by atoms with Crippen molar-refractivity contribution in [3.05, 3.63) is 33.6 Å². The lowest BCUT2D eigenvalue weighted by molar-refractivity contribution is -0.374. The van der Waals surface area contributed by atoms with Crippen molar-refractivity contribution in [2.75, 3.05) is 5.73 Å². The molecule has 0 spiro atoms. The molecular formula is C16H18N3S+. The zero-order valence-electron chi connectivity index (χ0n) is 11.4. The fourth-order valence-corrected chi connectivity index (χ4v) is 3.67. The first-order valence-corrected chi connectivity index (χ1v) is 8.04. The average Bonchev–Trinajstić information content (AvgIpc) is 2.93. The Morgan fingerprint density at radius 2 is 2.00 bits per heavy atom. The number of anilines is 1. The molecule has 0 saturated heterocycles. The van der Waals surface area contributed by atoms with Crippen LogP contribution in [0.2, 0.25) is 0 Å². The number of nitrogens with one attached hydrogen (secondary N) is 1. The molecule has 0 atom stereocenters. The highest BCUT2D eigenvalue weighted by Gasteiger charge is 2.23. The number of nitrogen functional groups attached to an aromatic ring is 1. The molecule has 0 saturated carbocycles. The van der Waals surface area contributed by atoms with E-state index in [4.69, 9.17) is 5.73 Å². The molecule has 102 valence electrons. The smallest absolute Gasteiger partial charge is 0.286 e. The number of H-pyrrole nitrogens is 1. The van der Waals surface area contributed by atoms with Crippen molar-refractivity contribution in [1.82, 2.24) is 0 Å². The molecule has 20 heavy (non-hydrogen) atoms. The Morgan fingerprint density at radius 1 is 1.20 bits per heavy atom. The molecule has 2 heterocycles. The topological polar surface area (TPSA) is 64.0 Å². The monoisotopic (exact) mass is 284 g/mol. The average molecular weight is 284 g/mol. The van der Waals surface area contributed by atoms with Gasteiger partial charge in [0.05, 0.1) is 0 Å². The molecule has 1 aliphatic rings. The molecule has 0 fully saturated rings. The summed E-state index contributed by atoms with van der Waals surface area (Å²) < 4.78 is 0. The third-order valence-electron chi connectivity index (χ3n) is 4.00. The van der Waals surface area contributed by atoms with Crippen LogP contribution >= 0.6 is 11.3 Å². The van der Waals surface area contributed by atoms with Gasteiger partial charge in [0.25, 0.3) is 5.82 Å². The van der Waals surface area contributed by atoms with Crippen molar-refractivity contribution in [2.24, 2.45) is 0 Å². The van der Waals surface area contributed by atoms with Crippen LogP contribution < -0.4 is 10.7 Å². The van der Waals surface area contributed by atoms with Gasteiger partial charge in [-0.1, -0.05) is 12.8 Å². The summed E-state index contributed by atoms with van der Waals surface area (Å²) in [5.74, 6) is 0.507.